The van der Waals surface area contributed by atoms with Crippen molar-refractivity contribution in [2.45, 2.75) is 26.7 Å². The van der Waals surface area contributed by atoms with E-state index in [1.165, 1.54) is 12.8 Å². The minimum absolute atomic E-state index is 0. The van der Waals surface area contributed by atoms with Crippen molar-refractivity contribution >= 4 is 0 Å². The topological polar surface area (TPSA) is 0 Å². The van der Waals surface area contributed by atoms with Crippen LogP contribution in [-0.2, 0) is 22.4 Å². The van der Waals surface area contributed by atoms with Crippen LogP contribution in [0.2, 0.25) is 0 Å². The molecule has 0 spiro atoms. The zero-order chi connectivity index (χ0) is 3.41. The molecule has 0 atom stereocenters. The van der Waals surface area contributed by atoms with Crippen LogP contribution in [-0.4, -0.2) is 0 Å². The molecule has 0 rings (SSSR count). The first kappa shape index (κ1) is 9.22. The van der Waals surface area contributed by atoms with E-state index in [-0.39, 0.29) is 22.4 Å². The fraction of sp³-hybridized carbons (Fsp3) is 1.00. The molecule has 0 fully saturated rings. The van der Waals surface area contributed by atoms with Crippen LogP contribution in [0.4, 0.5) is 0 Å². The van der Waals surface area contributed by atoms with Gasteiger partial charge in [-0.3, -0.25) is 0 Å². The number of hydrogen-bond donors (Lipinski definition) is 0. The molecule has 1 heteroatoms. The minimum Gasteiger partial charge on any atom is -0.0654 e. The normalized spacial score (nSPS) is 6.00. The average Bonchev–Trinajstić information content (AvgIpc) is 1.37. The molecule has 0 aromatic carbocycles. The van der Waals surface area contributed by atoms with Crippen molar-refractivity contribution in [3.63, 3.8) is 0 Å². The quantitative estimate of drug-likeness (QED) is 0.521. The molecule has 36 valence electrons. The molecule has 0 N–H and O–H groups in total. The molecule has 0 aromatic rings. The second-order valence-corrected chi connectivity index (χ2v) is 1.000. The molecule has 0 saturated carbocycles. The molecule has 0 heterocycles. The van der Waals surface area contributed by atoms with Gasteiger partial charge in [-0.05, 0) is 0 Å². The van der Waals surface area contributed by atoms with Crippen molar-refractivity contribution in [2.24, 2.45) is 0 Å². The third-order valence-electron chi connectivity index (χ3n) is 0.500. The van der Waals surface area contributed by atoms with Crippen LogP contribution in [0.1, 0.15) is 26.7 Å². The van der Waals surface area contributed by atoms with Crippen LogP contribution in [0.25, 0.3) is 0 Å². The van der Waals surface area contributed by atoms with Gasteiger partial charge < -0.3 is 0 Å². The molecule has 5 heavy (non-hydrogen) atoms. The Morgan fingerprint density at radius 3 is 1.20 bits per heavy atom. The van der Waals surface area contributed by atoms with Crippen LogP contribution in [0.3, 0.4) is 0 Å². The SMILES string of the molecule is CCCC.[Ag+]. The van der Waals surface area contributed by atoms with E-state index in [4.69, 9.17) is 0 Å². The Kier molecular flexibility index (Phi) is 16.3. The molecule has 0 aromatic heterocycles. The van der Waals surface area contributed by atoms with Crippen molar-refractivity contribution in [3.8, 4) is 0 Å². The molecule has 0 nitrogen and oxygen atoms in total. The van der Waals surface area contributed by atoms with Gasteiger partial charge in [0.2, 0.25) is 0 Å². The van der Waals surface area contributed by atoms with Crippen molar-refractivity contribution in [2.75, 3.05) is 0 Å². The first-order chi connectivity index (χ1) is 1.91. The molecule has 0 aliphatic rings. The van der Waals surface area contributed by atoms with Gasteiger partial charge in [0, 0.05) is 0 Å². The summed E-state index contributed by atoms with van der Waals surface area (Å²) in [5, 5.41) is 0. The van der Waals surface area contributed by atoms with Crippen LogP contribution in [0.15, 0.2) is 0 Å². The second kappa shape index (κ2) is 8.83. The molecular formula is C4H10Ag+. The van der Waals surface area contributed by atoms with Gasteiger partial charge >= 0.3 is 22.4 Å². The summed E-state index contributed by atoms with van der Waals surface area (Å²) in [6.07, 6.45) is 2.64. The molecule has 0 saturated heterocycles. The summed E-state index contributed by atoms with van der Waals surface area (Å²) in [7, 11) is 0. The Labute approximate surface area is 49.5 Å². The van der Waals surface area contributed by atoms with Crippen LogP contribution < -0.4 is 0 Å². The predicted molar refractivity (Wildman–Crippen MR) is 20.6 cm³/mol. The molecule has 0 aliphatic carbocycles. The fourth-order valence-electron chi connectivity index (χ4n) is 0. The van der Waals surface area contributed by atoms with E-state index in [9.17, 15) is 0 Å². The first-order valence-corrected chi connectivity index (χ1v) is 1.91. The van der Waals surface area contributed by atoms with Crippen LogP contribution in [0.5, 0.6) is 0 Å². The zero-order valence-electron chi connectivity index (χ0n) is 3.72. The summed E-state index contributed by atoms with van der Waals surface area (Å²) in [5.74, 6) is 0. The third-order valence-corrected chi connectivity index (χ3v) is 0.500. The Morgan fingerprint density at radius 1 is 1.00 bits per heavy atom. The van der Waals surface area contributed by atoms with E-state index in [2.05, 4.69) is 13.8 Å². The van der Waals surface area contributed by atoms with E-state index >= 15 is 0 Å². The van der Waals surface area contributed by atoms with Crippen molar-refractivity contribution < 1.29 is 22.4 Å². The summed E-state index contributed by atoms with van der Waals surface area (Å²) in [6, 6.07) is 0. The van der Waals surface area contributed by atoms with E-state index in [1.54, 1.807) is 0 Å². The summed E-state index contributed by atoms with van der Waals surface area (Å²) >= 11 is 0. The maximum atomic E-state index is 2.18. The largest absolute Gasteiger partial charge is 1.00 e. The molecule has 0 bridgehead atoms. The fourth-order valence-corrected chi connectivity index (χ4v) is 0. The van der Waals surface area contributed by atoms with E-state index in [0.717, 1.165) is 0 Å². The smallest absolute Gasteiger partial charge is 0.0654 e. The van der Waals surface area contributed by atoms with Crippen LogP contribution >= 0.6 is 0 Å². The Balaban J connectivity index is 0. The summed E-state index contributed by atoms with van der Waals surface area (Å²) in [6.45, 7) is 4.36. The number of unbranched alkanes of at least 4 members (excludes halogenated alkanes) is 1. The van der Waals surface area contributed by atoms with Gasteiger partial charge in [0.1, 0.15) is 0 Å². The van der Waals surface area contributed by atoms with Gasteiger partial charge in [0.05, 0.1) is 0 Å². The van der Waals surface area contributed by atoms with Crippen molar-refractivity contribution in [1.29, 1.82) is 0 Å². The maximum absolute atomic E-state index is 2.18. The summed E-state index contributed by atoms with van der Waals surface area (Å²) in [4.78, 5) is 0. The first-order valence-electron chi connectivity index (χ1n) is 1.91. The molecule has 0 amide bonds. The van der Waals surface area contributed by atoms with E-state index < -0.39 is 0 Å². The average molecular weight is 166 g/mol. The van der Waals surface area contributed by atoms with Gasteiger partial charge in [-0.1, -0.05) is 26.7 Å². The molecule has 0 aliphatic heterocycles. The number of rotatable bonds is 1. The molecular weight excluding hydrogens is 156 g/mol. The van der Waals surface area contributed by atoms with Crippen molar-refractivity contribution in [3.05, 3.63) is 0 Å². The minimum atomic E-state index is 0. The van der Waals surface area contributed by atoms with Crippen LogP contribution in [0, 0.1) is 0 Å². The van der Waals surface area contributed by atoms with E-state index in [0.29, 0.717) is 0 Å². The zero-order valence-corrected chi connectivity index (χ0v) is 5.20. The third kappa shape index (κ3) is 11.8. The predicted octanol–water partition coefficient (Wildman–Crippen LogP) is 1.80. The van der Waals surface area contributed by atoms with E-state index in [1.807, 2.05) is 0 Å². The number of hydrogen-bond acceptors (Lipinski definition) is 0. The maximum Gasteiger partial charge on any atom is 1.00 e. The summed E-state index contributed by atoms with van der Waals surface area (Å²) in [5.41, 5.74) is 0. The van der Waals surface area contributed by atoms with Gasteiger partial charge in [0.15, 0.2) is 0 Å². The monoisotopic (exact) mass is 165 g/mol. The molecule has 0 radical (unpaired) electrons. The second-order valence-electron chi connectivity index (χ2n) is 1.000. The Hall–Kier alpha value is 0.740. The van der Waals surface area contributed by atoms with Gasteiger partial charge in [-0.15, -0.1) is 0 Å². The van der Waals surface area contributed by atoms with Gasteiger partial charge in [0.25, 0.3) is 0 Å². The van der Waals surface area contributed by atoms with Gasteiger partial charge in [-0.25, -0.2) is 0 Å². The van der Waals surface area contributed by atoms with Crippen molar-refractivity contribution in [1.82, 2.24) is 0 Å². The molecule has 0 unspecified atom stereocenters. The standard InChI is InChI=1S/C4H10.Ag/c1-3-4-2;/h3-4H2,1-2H3;/q;+1. The Morgan fingerprint density at radius 2 is 1.20 bits per heavy atom. The Bertz CT molecular complexity index is 5.61. The summed E-state index contributed by atoms with van der Waals surface area (Å²) < 4.78 is 0. The van der Waals surface area contributed by atoms with Gasteiger partial charge in [-0.2, -0.15) is 0 Å².